The van der Waals surface area contributed by atoms with Crippen LogP contribution in [0.25, 0.3) is 16.9 Å². The lowest BCUT2D eigenvalue weighted by atomic mass is 10.1. The number of hydrogen-bond donors (Lipinski definition) is 1. The molecule has 3 rings (SSSR count). The molecule has 0 bridgehead atoms. The molecule has 1 amide bonds. The van der Waals surface area contributed by atoms with Crippen LogP contribution >= 0.6 is 11.6 Å². The van der Waals surface area contributed by atoms with Crippen LogP contribution in [0.3, 0.4) is 0 Å². The fourth-order valence-corrected chi connectivity index (χ4v) is 2.32. The van der Waals surface area contributed by atoms with Crippen molar-refractivity contribution in [3.63, 3.8) is 0 Å². The molecular formula is C17H14ClN3O. The Balaban J connectivity index is 2.13. The molecule has 0 spiro atoms. The highest BCUT2D eigenvalue weighted by Gasteiger charge is 2.16. The van der Waals surface area contributed by atoms with Crippen LogP contribution in [0.1, 0.15) is 10.5 Å². The van der Waals surface area contributed by atoms with Gasteiger partial charge in [0, 0.05) is 17.6 Å². The maximum Gasteiger partial charge on any atom is 0.269 e. The lowest BCUT2D eigenvalue weighted by molar-refractivity contribution is 0.0955. The van der Waals surface area contributed by atoms with E-state index in [1.807, 2.05) is 42.5 Å². The van der Waals surface area contributed by atoms with E-state index >= 15 is 0 Å². The van der Waals surface area contributed by atoms with Crippen LogP contribution in [-0.4, -0.2) is 22.7 Å². The predicted octanol–water partition coefficient (Wildman–Crippen LogP) is 3.55. The molecule has 3 aromatic rings. The predicted molar refractivity (Wildman–Crippen MR) is 87.4 cm³/mol. The average molecular weight is 312 g/mol. The van der Waals surface area contributed by atoms with E-state index in [9.17, 15) is 4.79 Å². The number of rotatable bonds is 3. The fraction of sp³-hybridized carbons (Fsp3) is 0.0588. The maximum atomic E-state index is 12.1. The molecule has 110 valence electrons. The number of nitrogens with zero attached hydrogens (tertiary/aromatic N) is 2. The average Bonchev–Trinajstić information content (AvgIpc) is 3.01. The first-order chi connectivity index (χ1) is 10.7. The summed E-state index contributed by atoms with van der Waals surface area (Å²) >= 11 is 5.91. The second-order valence-electron chi connectivity index (χ2n) is 4.75. The first-order valence-electron chi connectivity index (χ1n) is 6.82. The zero-order valence-corrected chi connectivity index (χ0v) is 12.7. The molecule has 0 fully saturated rings. The largest absolute Gasteiger partial charge is 0.354 e. The molecule has 1 heterocycles. The molecule has 1 N–H and O–H groups in total. The second kappa shape index (κ2) is 6.03. The number of hydrogen-bond acceptors (Lipinski definition) is 2. The van der Waals surface area contributed by atoms with Crippen LogP contribution in [-0.2, 0) is 0 Å². The van der Waals surface area contributed by atoms with Crippen LogP contribution in [0.5, 0.6) is 0 Å². The Morgan fingerprint density at radius 1 is 1.09 bits per heavy atom. The number of carbonyl (C=O) groups excluding carboxylic acids is 1. The molecular weight excluding hydrogens is 298 g/mol. The lowest BCUT2D eigenvalue weighted by Gasteiger charge is -2.05. The van der Waals surface area contributed by atoms with Gasteiger partial charge in [-0.05, 0) is 30.3 Å². The Labute approximate surface area is 133 Å². The van der Waals surface area contributed by atoms with Gasteiger partial charge in [0.05, 0.1) is 11.4 Å². The summed E-state index contributed by atoms with van der Waals surface area (Å²) in [5.74, 6) is -0.184. The first-order valence-corrected chi connectivity index (χ1v) is 7.20. The standard InChI is InChI=1S/C17H14ClN3O/c1-19-17(22)16-11-15(12-7-9-13(18)10-8-12)20-21(16)14-5-3-2-4-6-14/h2-11H,1H3,(H,19,22). The van der Waals surface area contributed by atoms with Gasteiger partial charge in [-0.15, -0.1) is 0 Å². The number of benzene rings is 2. The van der Waals surface area contributed by atoms with Crippen molar-refractivity contribution in [2.45, 2.75) is 0 Å². The van der Waals surface area contributed by atoms with Crippen LogP contribution in [0.15, 0.2) is 60.7 Å². The van der Waals surface area contributed by atoms with E-state index in [4.69, 9.17) is 11.6 Å². The number of para-hydroxylation sites is 1. The topological polar surface area (TPSA) is 46.9 Å². The Kier molecular flexibility index (Phi) is 3.94. The van der Waals surface area contributed by atoms with Gasteiger partial charge in [0.15, 0.2) is 0 Å². The zero-order valence-electron chi connectivity index (χ0n) is 12.0. The van der Waals surface area contributed by atoms with E-state index in [0.29, 0.717) is 10.7 Å². The third kappa shape index (κ3) is 2.73. The number of nitrogens with one attached hydrogen (secondary N) is 1. The summed E-state index contributed by atoms with van der Waals surface area (Å²) in [4.78, 5) is 12.1. The SMILES string of the molecule is CNC(=O)c1cc(-c2ccc(Cl)cc2)nn1-c1ccccc1. The van der Waals surface area contributed by atoms with Crippen molar-refractivity contribution in [1.82, 2.24) is 15.1 Å². The van der Waals surface area contributed by atoms with E-state index in [-0.39, 0.29) is 5.91 Å². The van der Waals surface area contributed by atoms with Gasteiger partial charge in [-0.1, -0.05) is 41.9 Å². The molecule has 1 aromatic heterocycles. The Bertz CT molecular complexity index is 795. The molecule has 0 radical (unpaired) electrons. The van der Waals surface area contributed by atoms with Gasteiger partial charge in [-0.3, -0.25) is 4.79 Å². The van der Waals surface area contributed by atoms with Crippen LogP contribution in [0.2, 0.25) is 5.02 Å². The summed E-state index contributed by atoms with van der Waals surface area (Å²) in [7, 11) is 1.60. The highest BCUT2D eigenvalue weighted by atomic mass is 35.5. The quantitative estimate of drug-likeness (QED) is 0.804. The van der Waals surface area contributed by atoms with E-state index < -0.39 is 0 Å². The van der Waals surface area contributed by atoms with Crippen molar-refractivity contribution in [1.29, 1.82) is 0 Å². The first kappa shape index (κ1) is 14.4. The second-order valence-corrected chi connectivity index (χ2v) is 5.18. The summed E-state index contributed by atoms with van der Waals surface area (Å²) < 4.78 is 1.64. The van der Waals surface area contributed by atoms with Gasteiger partial charge < -0.3 is 5.32 Å². The van der Waals surface area contributed by atoms with Crippen LogP contribution in [0, 0.1) is 0 Å². The zero-order chi connectivity index (χ0) is 15.5. The smallest absolute Gasteiger partial charge is 0.269 e. The molecule has 0 aliphatic rings. The molecule has 22 heavy (non-hydrogen) atoms. The number of amides is 1. The third-order valence-corrected chi connectivity index (χ3v) is 3.56. The molecule has 0 aliphatic carbocycles. The van der Waals surface area contributed by atoms with Crippen molar-refractivity contribution in [2.75, 3.05) is 7.05 Å². The van der Waals surface area contributed by atoms with Crippen molar-refractivity contribution in [3.8, 4) is 16.9 Å². The van der Waals surface area contributed by atoms with Crippen molar-refractivity contribution < 1.29 is 4.79 Å². The molecule has 0 atom stereocenters. The molecule has 0 aliphatic heterocycles. The van der Waals surface area contributed by atoms with Crippen LogP contribution in [0.4, 0.5) is 0 Å². The van der Waals surface area contributed by atoms with Gasteiger partial charge in [-0.25, -0.2) is 4.68 Å². The van der Waals surface area contributed by atoms with Gasteiger partial charge in [0.25, 0.3) is 5.91 Å². The van der Waals surface area contributed by atoms with Crippen molar-refractivity contribution >= 4 is 17.5 Å². The van der Waals surface area contributed by atoms with Crippen molar-refractivity contribution in [2.24, 2.45) is 0 Å². The van der Waals surface area contributed by atoms with E-state index in [1.165, 1.54) is 0 Å². The molecule has 0 unspecified atom stereocenters. The minimum atomic E-state index is -0.184. The highest BCUT2D eigenvalue weighted by molar-refractivity contribution is 6.30. The normalized spacial score (nSPS) is 10.5. The fourth-order valence-electron chi connectivity index (χ4n) is 2.20. The highest BCUT2D eigenvalue weighted by Crippen LogP contribution is 2.23. The van der Waals surface area contributed by atoms with Crippen molar-refractivity contribution in [3.05, 3.63) is 71.4 Å². The molecule has 2 aromatic carbocycles. The van der Waals surface area contributed by atoms with Gasteiger partial charge >= 0.3 is 0 Å². The van der Waals surface area contributed by atoms with E-state index in [0.717, 1.165) is 16.9 Å². The Morgan fingerprint density at radius 3 is 2.41 bits per heavy atom. The molecule has 0 saturated carbocycles. The van der Waals surface area contributed by atoms with E-state index in [1.54, 1.807) is 29.9 Å². The number of halogens is 1. The number of carbonyl (C=O) groups is 1. The molecule has 4 nitrogen and oxygen atoms in total. The van der Waals surface area contributed by atoms with E-state index in [2.05, 4.69) is 10.4 Å². The number of aromatic nitrogens is 2. The summed E-state index contributed by atoms with van der Waals surface area (Å²) in [5.41, 5.74) is 2.95. The summed E-state index contributed by atoms with van der Waals surface area (Å²) in [6, 6.07) is 18.7. The summed E-state index contributed by atoms with van der Waals surface area (Å²) in [6.07, 6.45) is 0. The third-order valence-electron chi connectivity index (χ3n) is 3.31. The van der Waals surface area contributed by atoms with Gasteiger partial charge in [0.2, 0.25) is 0 Å². The maximum absolute atomic E-state index is 12.1. The Morgan fingerprint density at radius 2 is 1.77 bits per heavy atom. The lowest BCUT2D eigenvalue weighted by Crippen LogP contribution is -2.21. The minimum absolute atomic E-state index is 0.184. The van der Waals surface area contributed by atoms with Crippen LogP contribution < -0.4 is 5.32 Å². The summed E-state index contributed by atoms with van der Waals surface area (Å²) in [6.45, 7) is 0. The monoisotopic (exact) mass is 311 g/mol. The molecule has 5 heteroatoms. The summed E-state index contributed by atoms with van der Waals surface area (Å²) in [5, 5.41) is 7.87. The van der Waals surface area contributed by atoms with Gasteiger partial charge in [0.1, 0.15) is 5.69 Å². The Hall–Kier alpha value is -2.59. The minimum Gasteiger partial charge on any atom is -0.354 e. The molecule has 0 saturated heterocycles. The van der Waals surface area contributed by atoms with Gasteiger partial charge in [-0.2, -0.15) is 5.10 Å².